The summed E-state index contributed by atoms with van der Waals surface area (Å²) in [6, 6.07) is 6.33. The van der Waals surface area contributed by atoms with E-state index in [4.69, 9.17) is 0 Å². The van der Waals surface area contributed by atoms with Gasteiger partial charge in [0.15, 0.2) is 0 Å². The quantitative estimate of drug-likeness (QED) is 0.869. The van der Waals surface area contributed by atoms with Gasteiger partial charge in [0.1, 0.15) is 0 Å². The molecule has 0 bridgehead atoms. The zero-order valence-corrected chi connectivity index (χ0v) is 13.8. The highest BCUT2D eigenvalue weighted by Gasteiger charge is 2.30. The Morgan fingerprint density at radius 1 is 1.55 bits per heavy atom. The number of piperidine rings is 1. The van der Waals surface area contributed by atoms with Crippen LogP contribution < -0.4 is 10.6 Å². The molecule has 6 heteroatoms. The lowest BCUT2D eigenvalue weighted by atomic mass is 9.93. The number of hydrogen-bond donors (Lipinski definition) is 2. The van der Waals surface area contributed by atoms with Crippen LogP contribution in [0.3, 0.4) is 0 Å². The van der Waals surface area contributed by atoms with E-state index < -0.39 is 0 Å². The third-order valence-electron chi connectivity index (χ3n) is 4.46. The number of pyridine rings is 1. The minimum absolute atomic E-state index is 0.0104. The molecule has 5 nitrogen and oxygen atoms in total. The first-order valence-corrected chi connectivity index (χ1v) is 9.11. The van der Waals surface area contributed by atoms with Crippen molar-refractivity contribution in [2.45, 2.75) is 32.0 Å². The summed E-state index contributed by atoms with van der Waals surface area (Å²) in [5.41, 5.74) is 1.12. The summed E-state index contributed by atoms with van der Waals surface area (Å²) in [5.74, 6) is 2.41. The largest absolute Gasteiger partial charge is 0.352 e. The van der Waals surface area contributed by atoms with Crippen LogP contribution in [0.5, 0.6) is 0 Å². The van der Waals surface area contributed by atoms with Gasteiger partial charge in [-0.3, -0.25) is 20.0 Å². The van der Waals surface area contributed by atoms with Gasteiger partial charge in [0.2, 0.25) is 5.91 Å². The van der Waals surface area contributed by atoms with E-state index in [0.717, 1.165) is 43.4 Å². The highest BCUT2D eigenvalue weighted by Crippen LogP contribution is 2.19. The average molecular weight is 320 g/mol. The van der Waals surface area contributed by atoms with Gasteiger partial charge in [0, 0.05) is 43.5 Å². The molecular formula is C16H24N4OS. The number of nitrogens with one attached hydrogen (secondary N) is 2. The molecule has 0 unspecified atom stereocenters. The van der Waals surface area contributed by atoms with Crippen LogP contribution in [0, 0.1) is 5.92 Å². The van der Waals surface area contributed by atoms with Gasteiger partial charge in [-0.25, -0.2) is 0 Å². The Balaban J connectivity index is 1.48. The van der Waals surface area contributed by atoms with Crippen molar-refractivity contribution in [2.75, 3.05) is 24.7 Å². The van der Waals surface area contributed by atoms with Gasteiger partial charge in [0.25, 0.3) is 0 Å². The maximum Gasteiger partial charge on any atom is 0.238 e. The van der Waals surface area contributed by atoms with Crippen molar-refractivity contribution < 1.29 is 4.79 Å². The monoisotopic (exact) mass is 320 g/mol. The van der Waals surface area contributed by atoms with E-state index in [1.807, 2.05) is 18.3 Å². The zero-order chi connectivity index (χ0) is 15.4. The first kappa shape index (κ1) is 15.8. The van der Waals surface area contributed by atoms with Gasteiger partial charge in [-0.05, 0) is 24.5 Å². The molecule has 0 radical (unpaired) electrons. The van der Waals surface area contributed by atoms with Crippen LogP contribution in [0.4, 0.5) is 0 Å². The molecule has 3 atom stereocenters. The van der Waals surface area contributed by atoms with Crippen molar-refractivity contribution in [2.24, 2.45) is 5.92 Å². The number of carbonyl (C=O) groups excluding carboxylic acids is 1. The summed E-state index contributed by atoms with van der Waals surface area (Å²) in [4.78, 5) is 19.0. The van der Waals surface area contributed by atoms with Gasteiger partial charge in [-0.1, -0.05) is 13.0 Å². The number of aromatic nitrogens is 1. The Labute approximate surface area is 136 Å². The Hall–Kier alpha value is -1.11. The highest BCUT2D eigenvalue weighted by atomic mass is 32.2. The Kier molecular flexibility index (Phi) is 5.33. The van der Waals surface area contributed by atoms with Crippen LogP contribution in [-0.2, 0) is 11.3 Å². The molecule has 2 N–H and O–H groups in total. The first-order valence-electron chi connectivity index (χ1n) is 7.96. The second-order valence-corrected chi connectivity index (χ2v) is 7.24. The molecular weight excluding hydrogens is 296 g/mol. The Morgan fingerprint density at radius 3 is 3.14 bits per heavy atom. The van der Waals surface area contributed by atoms with E-state index in [2.05, 4.69) is 33.5 Å². The normalized spacial score (nSPS) is 29.4. The van der Waals surface area contributed by atoms with Crippen molar-refractivity contribution in [3.05, 3.63) is 30.1 Å². The van der Waals surface area contributed by atoms with E-state index in [-0.39, 0.29) is 11.9 Å². The van der Waals surface area contributed by atoms with E-state index in [0.29, 0.717) is 12.0 Å². The lowest BCUT2D eigenvalue weighted by Gasteiger charge is -2.37. The third kappa shape index (κ3) is 4.00. The molecule has 3 heterocycles. The fraction of sp³-hybridized carbons (Fsp3) is 0.625. The summed E-state index contributed by atoms with van der Waals surface area (Å²) in [6.07, 6.45) is 2.86. The maximum absolute atomic E-state index is 12.2. The first-order chi connectivity index (χ1) is 10.7. The number of amides is 1. The number of thioether (sulfide) groups is 1. The number of nitrogens with zero attached hydrogens (tertiary/aromatic N) is 2. The molecule has 22 heavy (non-hydrogen) atoms. The van der Waals surface area contributed by atoms with E-state index in [1.165, 1.54) is 0 Å². The predicted molar refractivity (Wildman–Crippen MR) is 89.5 cm³/mol. The molecule has 0 spiro atoms. The molecule has 120 valence electrons. The minimum atomic E-state index is -0.0104. The summed E-state index contributed by atoms with van der Waals surface area (Å²) < 4.78 is 0. The molecule has 2 saturated heterocycles. The van der Waals surface area contributed by atoms with Crippen molar-refractivity contribution in [1.82, 2.24) is 20.5 Å². The standard InChI is InChI=1S/C16H24N4OS/c1-12-8-20(9-13-4-2-3-6-17-13)7-5-14(12)19-16(21)15-10-22-11-18-15/h2-4,6,12,14-15,18H,5,7-11H2,1H3,(H,19,21)/t12-,14+,15-/m1/s1. The fourth-order valence-electron chi connectivity index (χ4n) is 3.16. The Bertz CT molecular complexity index is 492. The van der Waals surface area contributed by atoms with Crippen molar-refractivity contribution in [3.63, 3.8) is 0 Å². The second-order valence-electron chi connectivity index (χ2n) is 6.21. The lowest BCUT2D eigenvalue weighted by molar-refractivity contribution is -0.123. The smallest absolute Gasteiger partial charge is 0.238 e. The van der Waals surface area contributed by atoms with Crippen molar-refractivity contribution in [1.29, 1.82) is 0 Å². The lowest BCUT2D eigenvalue weighted by Crippen LogP contribution is -2.53. The fourth-order valence-corrected chi connectivity index (χ4v) is 4.10. The second kappa shape index (κ2) is 7.44. The Morgan fingerprint density at radius 2 is 2.45 bits per heavy atom. The van der Waals surface area contributed by atoms with Crippen LogP contribution in [0.1, 0.15) is 19.0 Å². The van der Waals surface area contributed by atoms with Gasteiger partial charge < -0.3 is 5.32 Å². The topological polar surface area (TPSA) is 57.3 Å². The van der Waals surface area contributed by atoms with E-state index >= 15 is 0 Å². The van der Waals surface area contributed by atoms with Crippen LogP contribution in [0.25, 0.3) is 0 Å². The van der Waals surface area contributed by atoms with Crippen molar-refractivity contribution in [3.8, 4) is 0 Å². The third-order valence-corrected chi connectivity index (χ3v) is 5.40. The van der Waals surface area contributed by atoms with Gasteiger partial charge >= 0.3 is 0 Å². The zero-order valence-electron chi connectivity index (χ0n) is 13.0. The molecule has 2 aliphatic heterocycles. The molecule has 1 aromatic rings. The molecule has 1 amide bonds. The van der Waals surface area contributed by atoms with Gasteiger partial charge in [0.05, 0.1) is 11.7 Å². The van der Waals surface area contributed by atoms with Crippen LogP contribution in [-0.4, -0.2) is 52.6 Å². The summed E-state index contributed by atoms with van der Waals surface area (Å²) in [6.45, 7) is 5.14. The summed E-state index contributed by atoms with van der Waals surface area (Å²) in [7, 11) is 0. The maximum atomic E-state index is 12.2. The SMILES string of the molecule is C[C@@H]1CN(Cc2ccccn2)CC[C@@H]1NC(=O)[C@H]1CSCN1. The molecule has 1 aromatic heterocycles. The molecule has 0 saturated carbocycles. The van der Waals surface area contributed by atoms with Gasteiger partial charge in [-0.2, -0.15) is 0 Å². The van der Waals surface area contributed by atoms with Crippen LogP contribution >= 0.6 is 11.8 Å². The van der Waals surface area contributed by atoms with Crippen LogP contribution in [0.15, 0.2) is 24.4 Å². The van der Waals surface area contributed by atoms with Crippen molar-refractivity contribution >= 4 is 17.7 Å². The molecule has 2 fully saturated rings. The average Bonchev–Trinajstić information content (AvgIpc) is 3.05. The van der Waals surface area contributed by atoms with Gasteiger partial charge in [-0.15, -0.1) is 11.8 Å². The predicted octanol–water partition coefficient (Wildman–Crippen LogP) is 1.07. The van der Waals surface area contributed by atoms with E-state index in [9.17, 15) is 4.79 Å². The molecule has 0 aromatic carbocycles. The summed E-state index contributed by atoms with van der Waals surface area (Å²) in [5, 5.41) is 6.47. The van der Waals surface area contributed by atoms with E-state index in [1.54, 1.807) is 11.8 Å². The number of rotatable bonds is 4. The molecule has 2 aliphatic rings. The minimum Gasteiger partial charge on any atom is -0.352 e. The number of hydrogen-bond acceptors (Lipinski definition) is 5. The molecule has 0 aliphatic carbocycles. The van der Waals surface area contributed by atoms with Crippen LogP contribution in [0.2, 0.25) is 0 Å². The molecule has 3 rings (SSSR count). The highest BCUT2D eigenvalue weighted by molar-refractivity contribution is 7.99. The summed E-state index contributed by atoms with van der Waals surface area (Å²) >= 11 is 1.79. The number of carbonyl (C=O) groups is 1. The number of likely N-dealkylation sites (tertiary alicyclic amines) is 1.